The molecule has 3 unspecified atom stereocenters. The van der Waals surface area contributed by atoms with E-state index in [0.717, 1.165) is 64.2 Å². The Hall–Kier alpha value is -1.80. The highest BCUT2D eigenvalue weighted by atomic mass is 31.2. The molecule has 0 saturated carbocycles. The fourth-order valence-electron chi connectivity index (χ4n) is 7.56. The Morgan fingerprint density at radius 2 is 0.938 bits per heavy atom. The lowest BCUT2D eigenvalue weighted by Crippen LogP contribution is -2.45. The maximum Gasteiger partial charge on any atom is 0.472 e. The van der Waals surface area contributed by atoms with Gasteiger partial charge in [-0.1, -0.05) is 229 Å². The van der Waals surface area contributed by atoms with Gasteiger partial charge in [0.15, 0.2) is 0 Å². The molecule has 0 aromatic carbocycles. The number of rotatable bonds is 48. The van der Waals surface area contributed by atoms with Crippen LogP contribution in [0.4, 0.5) is 0 Å². The maximum absolute atomic E-state index is 12.9. The molecule has 374 valence electrons. The number of quaternary nitrogens is 1. The summed E-state index contributed by atoms with van der Waals surface area (Å²) in [6.07, 6.45) is 61.6. The van der Waals surface area contributed by atoms with E-state index >= 15 is 0 Å². The minimum atomic E-state index is -4.34. The van der Waals surface area contributed by atoms with Crippen LogP contribution in [0.5, 0.6) is 0 Å². The number of unbranched alkanes of at least 4 members (excludes halogenated alkanes) is 27. The first-order valence-electron chi connectivity index (χ1n) is 26.7. The van der Waals surface area contributed by atoms with Gasteiger partial charge in [-0.2, -0.15) is 0 Å². The second kappa shape index (κ2) is 46.3. The van der Waals surface area contributed by atoms with Gasteiger partial charge in [0.05, 0.1) is 39.9 Å². The number of amides is 1. The van der Waals surface area contributed by atoms with Crippen molar-refractivity contribution in [1.82, 2.24) is 5.32 Å². The zero-order valence-corrected chi connectivity index (χ0v) is 43.4. The summed E-state index contributed by atoms with van der Waals surface area (Å²) in [5.41, 5.74) is 0. The summed E-state index contributed by atoms with van der Waals surface area (Å²) in [6.45, 7) is 4.71. The summed E-state index contributed by atoms with van der Waals surface area (Å²) < 4.78 is 23.7. The first-order chi connectivity index (χ1) is 31.0. The Labute approximate surface area is 396 Å². The van der Waals surface area contributed by atoms with Crippen molar-refractivity contribution in [2.45, 2.75) is 244 Å². The fourth-order valence-corrected chi connectivity index (χ4v) is 8.30. The summed E-state index contributed by atoms with van der Waals surface area (Å²) in [5.74, 6) is -0.179. The molecule has 0 aliphatic heterocycles. The summed E-state index contributed by atoms with van der Waals surface area (Å²) in [6, 6.07) is -0.848. The molecule has 0 bridgehead atoms. The zero-order valence-electron chi connectivity index (χ0n) is 42.5. The first kappa shape index (κ1) is 62.2. The topological polar surface area (TPSA) is 105 Å². The third-order valence-electron chi connectivity index (χ3n) is 11.7. The van der Waals surface area contributed by atoms with E-state index in [1.165, 1.54) is 148 Å². The number of phosphoric ester groups is 1. The molecule has 3 N–H and O–H groups in total. The molecule has 3 atom stereocenters. The summed E-state index contributed by atoms with van der Waals surface area (Å²) in [5, 5.41) is 13.9. The monoisotopic (exact) mass is 920 g/mol. The van der Waals surface area contributed by atoms with E-state index in [9.17, 15) is 19.4 Å². The van der Waals surface area contributed by atoms with Gasteiger partial charge < -0.3 is 19.8 Å². The SMILES string of the molecule is CC/C=C\C/C=C\C/C=C\C/C=C\CCCCCCCCCCCCCCCCC(=O)NC(COP(=O)(O)OCC[N+](C)(C)C)C(O)/C=C/CCCCCCCCCCCCCCC. The maximum atomic E-state index is 12.9. The van der Waals surface area contributed by atoms with Gasteiger partial charge in [-0.15, -0.1) is 0 Å². The van der Waals surface area contributed by atoms with Crippen LogP contribution in [0.3, 0.4) is 0 Å². The van der Waals surface area contributed by atoms with Crippen LogP contribution in [-0.4, -0.2) is 73.4 Å². The molecule has 0 fully saturated rings. The van der Waals surface area contributed by atoms with Gasteiger partial charge in [0.2, 0.25) is 5.91 Å². The molecular weight excluding hydrogens is 816 g/mol. The van der Waals surface area contributed by atoms with E-state index < -0.39 is 20.0 Å². The molecule has 0 aromatic rings. The Kier molecular flexibility index (Phi) is 45.0. The lowest BCUT2D eigenvalue weighted by atomic mass is 10.0. The molecule has 0 rings (SSSR count). The number of aliphatic hydroxyl groups is 1. The predicted molar refractivity (Wildman–Crippen MR) is 277 cm³/mol. The number of nitrogens with one attached hydrogen (secondary N) is 1. The molecule has 0 aliphatic carbocycles. The van der Waals surface area contributed by atoms with Crippen molar-refractivity contribution in [3.05, 3.63) is 60.8 Å². The summed E-state index contributed by atoms with van der Waals surface area (Å²) >= 11 is 0. The highest BCUT2D eigenvalue weighted by molar-refractivity contribution is 7.47. The lowest BCUT2D eigenvalue weighted by molar-refractivity contribution is -0.870. The van der Waals surface area contributed by atoms with Crippen LogP contribution < -0.4 is 5.32 Å². The number of hydrogen-bond acceptors (Lipinski definition) is 5. The Morgan fingerprint density at radius 3 is 1.38 bits per heavy atom. The van der Waals surface area contributed by atoms with Crippen LogP contribution in [-0.2, 0) is 18.4 Å². The average molecular weight is 920 g/mol. The van der Waals surface area contributed by atoms with Crippen LogP contribution in [0.1, 0.15) is 232 Å². The third-order valence-corrected chi connectivity index (χ3v) is 12.7. The average Bonchev–Trinajstić information content (AvgIpc) is 3.25. The van der Waals surface area contributed by atoms with Crippen molar-refractivity contribution in [2.24, 2.45) is 0 Å². The number of allylic oxidation sites excluding steroid dienone is 9. The molecule has 0 aromatic heterocycles. The largest absolute Gasteiger partial charge is 0.472 e. The molecule has 8 nitrogen and oxygen atoms in total. The smallest absolute Gasteiger partial charge is 0.387 e. The Balaban J connectivity index is 4.19. The van der Waals surface area contributed by atoms with Crippen molar-refractivity contribution < 1.29 is 32.9 Å². The number of carbonyl (C=O) groups excluding carboxylic acids is 1. The van der Waals surface area contributed by atoms with E-state index in [-0.39, 0.29) is 19.1 Å². The van der Waals surface area contributed by atoms with Gasteiger partial charge in [0.25, 0.3) is 0 Å². The second-order valence-electron chi connectivity index (χ2n) is 19.2. The van der Waals surface area contributed by atoms with E-state index in [2.05, 4.69) is 67.8 Å². The summed E-state index contributed by atoms with van der Waals surface area (Å²) in [7, 11) is 1.57. The molecule has 0 spiro atoms. The minimum absolute atomic E-state index is 0.0604. The number of aliphatic hydroxyl groups excluding tert-OH is 1. The van der Waals surface area contributed by atoms with Crippen LogP contribution in [0, 0.1) is 0 Å². The van der Waals surface area contributed by atoms with Gasteiger partial charge in [-0.3, -0.25) is 13.8 Å². The van der Waals surface area contributed by atoms with Crippen LogP contribution >= 0.6 is 7.82 Å². The normalized spacial score (nSPS) is 14.5. The van der Waals surface area contributed by atoms with Crippen LogP contribution in [0.2, 0.25) is 0 Å². The van der Waals surface area contributed by atoms with Crippen molar-refractivity contribution in [2.75, 3.05) is 40.9 Å². The van der Waals surface area contributed by atoms with E-state index in [0.29, 0.717) is 17.4 Å². The first-order valence-corrected chi connectivity index (χ1v) is 28.2. The van der Waals surface area contributed by atoms with E-state index in [1.54, 1.807) is 6.08 Å². The fraction of sp³-hybridized carbons (Fsp3) is 0.800. The van der Waals surface area contributed by atoms with Crippen molar-refractivity contribution in [1.29, 1.82) is 0 Å². The van der Waals surface area contributed by atoms with Crippen LogP contribution in [0.25, 0.3) is 0 Å². The van der Waals surface area contributed by atoms with Crippen molar-refractivity contribution >= 4 is 13.7 Å². The van der Waals surface area contributed by atoms with Crippen molar-refractivity contribution in [3.63, 3.8) is 0 Å². The minimum Gasteiger partial charge on any atom is -0.387 e. The highest BCUT2D eigenvalue weighted by Crippen LogP contribution is 2.43. The third kappa shape index (κ3) is 48.1. The number of carbonyl (C=O) groups is 1. The van der Waals surface area contributed by atoms with E-state index in [4.69, 9.17) is 9.05 Å². The standard InChI is InChI=1S/C55H103N2O6P/c1-6-8-10-12-14-16-18-20-22-23-24-25-26-27-28-29-30-31-32-33-35-37-39-41-43-45-47-49-55(59)56-53(52-63-64(60,61)62-51-50-57(3,4)5)54(58)48-46-44-42-40-38-36-34-21-19-17-15-13-11-9-7-2/h8,10,14,16,20,22,24-25,46,48,53-54,58H,6-7,9,11-13,15,17-19,21,23,26-45,47,49-52H2,1-5H3,(H-,56,59,60,61)/p+1/b10-8-,16-14-,22-20-,25-24-,48-46+. The van der Waals surface area contributed by atoms with Gasteiger partial charge >= 0.3 is 7.82 Å². The lowest BCUT2D eigenvalue weighted by Gasteiger charge is -2.25. The van der Waals surface area contributed by atoms with Crippen LogP contribution in [0.15, 0.2) is 60.8 Å². The molecule has 0 heterocycles. The summed E-state index contributed by atoms with van der Waals surface area (Å²) in [4.78, 5) is 23.2. The second-order valence-corrected chi connectivity index (χ2v) is 20.7. The highest BCUT2D eigenvalue weighted by Gasteiger charge is 2.27. The number of hydrogen-bond donors (Lipinski definition) is 3. The predicted octanol–water partition coefficient (Wildman–Crippen LogP) is 15.8. The Bertz CT molecular complexity index is 1230. The van der Waals surface area contributed by atoms with Gasteiger partial charge in [-0.05, 0) is 57.8 Å². The Morgan fingerprint density at radius 1 is 0.547 bits per heavy atom. The van der Waals surface area contributed by atoms with Gasteiger partial charge in [0.1, 0.15) is 13.2 Å². The van der Waals surface area contributed by atoms with Gasteiger partial charge in [-0.25, -0.2) is 4.57 Å². The van der Waals surface area contributed by atoms with Crippen molar-refractivity contribution in [3.8, 4) is 0 Å². The molecule has 9 heteroatoms. The molecule has 0 saturated heterocycles. The van der Waals surface area contributed by atoms with E-state index in [1.807, 2.05) is 27.2 Å². The van der Waals surface area contributed by atoms with Gasteiger partial charge in [0, 0.05) is 6.42 Å². The quantitative estimate of drug-likeness (QED) is 0.0243. The molecule has 0 radical (unpaired) electrons. The molecular formula is C55H104N2O6P+. The zero-order chi connectivity index (χ0) is 47.1. The molecule has 64 heavy (non-hydrogen) atoms. The molecule has 0 aliphatic rings. The number of phosphoric acid groups is 1. The number of nitrogens with zero attached hydrogens (tertiary/aromatic N) is 1. The molecule has 1 amide bonds. The number of likely N-dealkylation sites (N-methyl/N-ethyl adjacent to an activating group) is 1.